The molecule has 0 radical (unpaired) electrons. The number of ether oxygens (including phenoxy) is 2. The molecule has 3 heteroatoms. The van der Waals surface area contributed by atoms with Crippen LogP contribution in [0.2, 0.25) is 0 Å². The zero-order chi connectivity index (χ0) is 15.2. The second-order valence-electron chi connectivity index (χ2n) is 4.64. The molecule has 106 valence electrons. The molecule has 0 aliphatic carbocycles. The predicted molar refractivity (Wildman–Crippen MR) is 84.2 cm³/mol. The first-order valence-corrected chi connectivity index (χ1v) is 6.59. The molecule has 0 amide bonds. The number of benzene rings is 2. The second-order valence-corrected chi connectivity index (χ2v) is 4.64. The van der Waals surface area contributed by atoms with Gasteiger partial charge in [0.25, 0.3) is 0 Å². The molecular formula is C18H17NO2. The van der Waals surface area contributed by atoms with Crippen molar-refractivity contribution >= 4 is 11.6 Å². The maximum Gasteiger partial charge on any atom is 0.126 e. The molecule has 0 unspecified atom stereocenters. The summed E-state index contributed by atoms with van der Waals surface area (Å²) < 4.78 is 10.6. The summed E-state index contributed by atoms with van der Waals surface area (Å²) in [5, 5.41) is 9.41. The first-order valence-electron chi connectivity index (χ1n) is 6.59. The summed E-state index contributed by atoms with van der Waals surface area (Å²) in [4.78, 5) is 0. The molecule has 0 bridgehead atoms. The van der Waals surface area contributed by atoms with Crippen LogP contribution in [-0.4, -0.2) is 14.2 Å². The molecule has 0 aliphatic rings. The van der Waals surface area contributed by atoms with Crippen LogP contribution in [0.3, 0.4) is 0 Å². The van der Waals surface area contributed by atoms with Crippen molar-refractivity contribution in [3.63, 3.8) is 0 Å². The van der Waals surface area contributed by atoms with Crippen LogP contribution >= 0.6 is 0 Å². The molecule has 0 aliphatic heterocycles. The molecule has 0 atom stereocenters. The fourth-order valence-electron chi connectivity index (χ4n) is 2.02. The molecule has 0 saturated heterocycles. The maximum absolute atomic E-state index is 9.41. The highest BCUT2D eigenvalue weighted by molar-refractivity contribution is 5.90. The van der Waals surface area contributed by atoms with Crippen LogP contribution in [0.4, 0.5) is 0 Å². The van der Waals surface area contributed by atoms with E-state index >= 15 is 0 Å². The Hall–Kier alpha value is -2.73. The first-order chi connectivity index (χ1) is 10.2. The van der Waals surface area contributed by atoms with Gasteiger partial charge in [-0.3, -0.25) is 0 Å². The lowest BCUT2D eigenvalue weighted by molar-refractivity contribution is 0.402. The average Bonchev–Trinajstić information content (AvgIpc) is 2.53. The third-order valence-electron chi connectivity index (χ3n) is 3.22. The molecule has 0 saturated carbocycles. The second kappa shape index (κ2) is 6.62. The standard InChI is InChI=1S/C18H17NO2/c1-13-4-6-14(7-5-13)16(12-19)10-15-11-17(20-2)8-9-18(15)21-3/h4-11H,1-3H3/b16-10-. The van der Waals surface area contributed by atoms with Gasteiger partial charge in [0.15, 0.2) is 0 Å². The third kappa shape index (κ3) is 3.43. The van der Waals surface area contributed by atoms with Crippen molar-refractivity contribution in [2.75, 3.05) is 14.2 Å². The Morgan fingerprint density at radius 3 is 2.33 bits per heavy atom. The molecule has 0 heterocycles. The van der Waals surface area contributed by atoms with E-state index in [4.69, 9.17) is 9.47 Å². The molecule has 2 aromatic carbocycles. The summed E-state index contributed by atoms with van der Waals surface area (Å²) in [6.07, 6.45) is 1.81. The van der Waals surface area contributed by atoms with E-state index in [2.05, 4.69) is 6.07 Å². The molecule has 0 spiro atoms. The van der Waals surface area contributed by atoms with Crippen LogP contribution in [0.5, 0.6) is 11.5 Å². The Morgan fingerprint density at radius 2 is 1.76 bits per heavy atom. The Kier molecular flexibility index (Phi) is 4.63. The van der Waals surface area contributed by atoms with Crippen LogP contribution in [0.15, 0.2) is 42.5 Å². The monoisotopic (exact) mass is 279 g/mol. The van der Waals surface area contributed by atoms with Crippen LogP contribution in [0.25, 0.3) is 11.6 Å². The maximum atomic E-state index is 9.41. The quantitative estimate of drug-likeness (QED) is 0.625. The summed E-state index contributed by atoms with van der Waals surface area (Å²) in [5.74, 6) is 1.43. The molecule has 2 aromatic rings. The van der Waals surface area contributed by atoms with Gasteiger partial charge in [-0.25, -0.2) is 0 Å². The molecule has 0 N–H and O–H groups in total. The number of hydrogen-bond acceptors (Lipinski definition) is 3. The van der Waals surface area contributed by atoms with Crippen LogP contribution < -0.4 is 9.47 Å². The van der Waals surface area contributed by atoms with Crippen molar-refractivity contribution in [1.82, 2.24) is 0 Å². The lowest BCUT2D eigenvalue weighted by Gasteiger charge is -2.08. The van der Waals surface area contributed by atoms with Crippen LogP contribution in [-0.2, 0) is 0 Å². The molecule has 3 nitrogen and oxygen atoms in total. The highest BCUT2D eigenvalue weighted by Gasteiger charge is 2.06. The Bertz CT molecular complexity index is 694. The number of hydrogen-bond donors (Lipinski definition) is 0. The number of nitrogens with zero attached hydrogens (tertiary/aromatic N) is 1. The van der Waals surface area contributed by atoms with Crippen LogP contribution in [0.1, 0.15) is 16.7 Å². The predicted octanol–water partition coefficient (Wildman–Crippen LogP) is 4.08. The van der Waals surface area contributed by atoms with E-state index < -0.39 is 0 Å². The van der Waals surface area contributed by atoms with Crippen LogP contribution in [0, 0.1) is 18.3 Å². The number of methoxy groups -OCH3 is 2. The fraction of sp³-hybridized carbons (Fsp3) is 0.167. The number of rotatable bonds is 4. The Labute approximate surface area is 125 Å². The normalized spacial score (nSPS) is 10.9. The summed E-state index contributed by atoms with van der Waals surface area (Å²) in [7, 11) is 3.22. The van der Waals surface area contributed by atoms with Crippen molar-refractivity contribution in [3.05, 3.63) is 59.2 Å². The van der Waals surface area contributed by atoms with Gasteiger partial charge in [0.05, 0.1) is 25.9 Å². The lowest BCUT2D eigenvalue weighted by Crippen LogP contribution is -1.90. The van der Waals surface area contributed by atoms with Gasteiger partial charge in [-0.15, -0.1) is 0 Å². The van der Waals surface area contributed by atoms with E-state index in [-0.39, 0.29) is 0 Å². The minimum atomic E-state index is 0.585. The highest BCUT2D eigenvalue weighted by Crippen LogP contribution is 2.28. The van der Waals surface area contributed by atoms with Crippen molar-refractivity contribution in [2.45, 2.75) is 6.92 Å². The van der Waals surface area contributed by atoms with Gasteiger partial charge in [-0.1, -0.05) is 29.8 Å². The minimum absolute atomic E-state index is 0.585. The summed E-state index contributed by atoms with van der Waals surface area (Å²) in [5.41, 5.74) is 3.44. The van der Waals surface area contributed by atoms with Gasteiger partial charge >= 0.3 is 0 Å². The van der Waals surface area contributed by atoms with E-state index in [9.17, 15) is 5.26 Å². The highest BCUT2D eigenvalue weighted by atomic mass is 16.5. The topological polar surface area (TPSA) is 42.2 Å². The minimum Gasteiger partial charge on any atom is -0.497 e. The van der Waals surface area contributed by atoms with E-state index in [0.29, 0.717) is 11.3 Å². The zero-order valence-corrected chi connectivity index (χ0v) is 12.4. The average molecular weight is 279 g/mol. The molecular weight excluding hydrogens is 262 g/mol. The largest absolute Gasteiger partial charge is 0.497 e. The van der Waals surface area contributed by atoms with E-state index in [1.807, 2.05) is 55.5 Å². The summed E-state index contributed by atoms with van der Waals surface area (Å²) in [6, 6.07) is 15.6. The number of allylic oxidation sites excluding steroid dienone is 1. The molecule has 21 heavy (non-hydrogen) atoms. The number of aryl methyl sites for hydroxylation is 1. The summed E-state index contributed by atoms with van der Waals surface area (Å²) >= 11 is 0. The SMILES string of the molecule is COc1ccc(OC)c(/C=C(/C#N)c2ccc(C)cc2)c1. The van der Waals surface area contributed by atoms with E-state index in [1.54, 1.807) is 14.2 Å². The van der Waals surface area contributed by atoms with E-state index in [0.717, 1.165) is 22.4 Å². The van der Waals surface area contributed by atoms with Crippen molar-refractivity contribution in [1.29, 1.82) is 5.26 Å². The Morgan fingerprint density at radius 1 is 1.05 bits per heavy atom. The van der Waals surface area contributed by atoms with Gasteiger partial charge < -0.3 is 9.47 Å². The van der Waals surface area contributed by atoms with Crippen molar-refractivity contribution in [3.8, 4) is 17.6 Å². The van der Waals surface area contributed by atoms with E-state index in [1.165, 1.54) is 0 Å². The van der Waals surface area contributed by atoms with Gasteiger partial charge in [0, 0.05) is 5.56 Å². The zero-order valence-electron chi connectivity index (χ0n) is 12.4. The smallest absolute Gasteiger partial charge is 0.126 e. The lowest BCUT2D eigenvalue weighted by atomic mass is 10.0. The van der Waals surface area contributed by atoms with Gasteiger partial charge in [-0.05, 0) is 36.8 Å². The molecule has 2 rings (SSSR count). The molecule has 0 aromatic heterocycles. The van der Waals surface area contributed by atoms with Gasteiger partial charge in [0.1, 0.15) is 11.5 Å². The molecule has 0 fully saturated rings. The third-order valence-corrected chi connectivity index (χ3v) is 3.22. The van der Waals surface area contributed by atoms with Gasteiger partial charge in [0.2, 0.25) is 0 Å². The fourth-order valence-corrected chi connectivity index (χ4v) is 2.02. The number of nitriles is 1. The van der Waals surface area contributed by atoms with Gasteiger partial charge in [-0.2, -0.15) is 5.26 Å². The summed E-state index contributed by atoms with van der Waals surface area (Å²) in [6.45, 7) is 2.02. The first kappa shape index (κ1) is 14.7. The van der Waals surface area contributed by atoms with Crippen molar-refractivity contribution in [2.24, 2.45) is 0 Å². The van der Waals surface area contributed by atoms with Crippen molar-refractivity contribution < 1.29 is 9.47 Å². The Balaban J connectivity index is 2.49.